The first-order valence-electron chi connectivity index (χ1n) is 6.46. The van der Waals surface area contributed by atoms with E-state index in [0.29, 0.717) is 0 Å². The average molecular weight is 263 g/mol. The van der Waals surface area contributed by atoms with E-state index in [2.05, 4.69) is 11.4 Å². The van der Waals surface area contributed by atoms with Gasteiger partial charge in [-0.15, -0.1) is 0 Å². The number of morpholine rings is 1. The fraction of sp³-hybridized carbons (Fsp3) is 0.500. The summed E-state index contributed by atoms with van der Waals surface area (Å²) in [6.07, 6.45) is 1.76. The maximum Gasteiger partial charge on any atom is 0.323 e. The summed E-state index contributed by atoms with van der Waals surface area (Å²) in [5, 5.41) is 12.2. The zero-order valence-electron chi connectivity index (χ0n) is 10.8. The molecule has 5 nitrogen and oxygen atoms in total. The van der Waals surface area contributed by atoms with E-state index in [9.17, 15) is 4.79 Å². The molecule has 0 radical (unpaired) electrons. The molecule has 1 saturated heterocycles. The van der Waals surface area contributed by atoms with Crippen LogP contribution in [-0.4, -0.2) is 36.9 Å². The highest BCUT2D eigenvalue weighted by atomic mass is 16.5. The quantitative estimate of drug-likeness (QED) is 0.837. The standard InChI is InChI=1S/C14H17NO4/c1-18-9-4-2-8-3-5-11-13(10(8)6-9)19-7-12(15-11)14(16)17/h2,4,6,11-13,15H,3,5,7H2,1H3,(H,16,17). The Morgan fingerprint density at radius 1 is 1.53 bits per heavy atom. The molecule has 1 aliphatic heterocycles. The molecule has 0 bridgehead atoms. The Labute approximate surface area is 111 Å². The largest absolute Gasteiger partial charge is 0.497 e. The van der Waals surface area contributed by atoms with Crippen molar-refractivity contribution in [2.75, 3.05) is 13.7 Å². The highest BCUT2D eigenvalue weighted by molar-refractivity contribution is 5.73. The van der Waals surface area contributed by atoms with Crippen LogP contribution in [0.3, 0.4) is 0 Å². The number of benzene rings is 1. The number of carbonyl (C=O) groups is 1. The van der Waals surface area contributed by atoms with E-state index in [1.54, 1.807) is 7.11 Å². The van der Waals surface area contributed by atoms with Crippen molar-refractivity contribution in [3.63, 3.8) is 0 Å². The molecular formula is C14H17NO4. The lowest BCUT2D eigenvalue weighted by Crippen LogP contribution is -2.55. The first-order valence-corrected chi connectivity index (χ1v) is 6.46. The third-order valence-corrected chi connectivity index (χ3v) is 3.91. The molecular weight excluding hydrogens is 246 g/mol. The van der Waals surface area contributed by atoms with E-state index in [1.807, 2.05) is 12.1 Å². The van der Waals surface area contributed by atoms with Crippen LogP contribution in [0.4, 0.5) is 0 Å². The maximum atomic E-state index is 11.0. The van der Waals surface area contributed by atoms with Gasteiger partial charge in [-0.25, -0.2) is 0 Å². The summed E-state index contributed by atoms with van der Waals surface area (Å²) >= 11 is 0. The van der Waals surface area contributed by atoms with Crippen molar-refractivity contribution < 1.29 is 19.4 Å². The number of carboxylic acids is 1. The van der Waals surface area contributed by atoms with Crippen LogP contribution in [0.5, 0.6) is 5.75 Å². The predicted molar refractivity (Wildman–Crippen MR) is 68.4 cm³/mol. The number of ether oxygens (including phenoxy) is 2. The van der Waals surface area contributed by atoms with Crippen LogP contribution in [-0.2, 0) is 16.0 Å². The first kappa shape index (κ1) is 12.4. The van der Waals surface area contributed by atoms with Crippen molar-refractivity contribution in [3.8, 4) is 5.75 Å². The Balaban J connectivity index is 1.87. The second-order valence-corrected chi connectivity index (χ2v) is 5.02. The second-order valence-electron chi connectivity index (χ2n) is 5.02. The minimum absolute atomic E-state index is 0.0643. The van der Waals surface area contributed by atoms with Crippen LogP contribution in [0.25, 0.3) is 0 Å². The SMILES string of the molecule is COc1ccc2c(c1)C1OCC(C(=O)O)NC1CC2. The van der Waals surface area contributed by atoms with Crippen LogP contribution in [0.1, 0.15) is 23.7 Å². The Morgan fingerprint density at radius 3 is 3.11 bits per heavy atom. The molecule has 3 atom stereocenters. The van der Waals surface area contributed by atoms with Gasteiger partial charge in [-0.2, -0.15) is 0 Å². The minimum atomic E-state index is -0.852. The molecule has 102 valence electrons. The highest BCUT2D eigenvalue weighted by Gasteiger charge is 2.38. The number of carboxylic acid groups (broad SMARTS) is 1. The number of aliphatic carboxylic acids is 1. The summed E-state index contributed by atoms with van der Waals surface area (Å²) in [6, 6.07) is 5.48. The van der Waals surface area contributed by atoms with E-state index in [0.717, 1.165) is 24.2 Å². The highest BCUT2D eigenvalue weighted by Crippen LogP contribution is 2.37. The van der Waals surface area contributed by atoms with Gasteiger partial charge in [0, 0.05) is 6.04 Å². The Bertz CT molecular complexity index is 502. The van der Waals surface area contributed by atoms with Gasteiger partial charge < -0.3 is 14.6 Å². The molecule has 19 heavy (non-hydrogen) atoms. The molecule has 1 fully saturated rings. The summed E-state index contributed by atoms with van der Waals surface area (Å²) in [5.41, 5.74) is 2.38. The van der Waals surface area contributed by atoms with Gasteiger partial charge in [0.15, 0.2) is 0 Å². The van der Waals surface area contributed by atoms with Crippen molar-refractivity contribution in [3.05, 3.63) is 29.3 Å². The van der Waals surface area contributed by atoms with E-state index in [-0.39, 0.29) is 18.8 Å². The average Bonchev–Trinajstić information content (AvgIpc) is 2.45. The molecule has 0 saturated carbocycles. The van der Waals surface area contributed by atoms with Gasteiger partial charge in [-0.3, -0.25) is 10.1 Å². The van der Waals surface area contributed by atoms with Gasteiger partial charge in [-0.05, 0) is 36.1 Å². The summed E-state index contributed by atoms with van der Waals surface area (Å²) < 4.78 is 11.0. The number of methoxy groups -OCH3 is 1. The fourth-order valence-electron chi connectivity index (χ4n) is 2.90. The molecule has 0 amide bonds. The zero-order valence-corrected chi connectivity index (χ0v) is 10.8. The molecule has 2 N–H and O–H groups in total. The minimum Gasteiger partial charge on any atom is -0.497 e. The first-order chi connectivity index (χ1) is 9.19. The number of nitrogens with one attached hydrogen (secondary N) is 1. The molecule has 1 aromatic carbocycles. The molecule has 0 aromatic heterocycles. The van der Waals surface area contributed by atoms with Gasteiger partial charge in [0.25, 0.3) is 0 Å². The third kappa shape index (κ3) is 2.19. The molecule has 1 heterocycles. The lowest BCUT2D eigenvalue weighted by atomic mass is 9.84. The van der Waals surface area contributed by atoms with Crippen LogP contribution in [0.15, 0.2) is 18.2 Å². The topological polar surface area (TPSA) is 67.8 Å². The van der Waals surface area contributed by atoms with Crippen LogP contribution < -0.4 is 10.1 Å². The van der Waals surface area contributed by atoms with Gasteiger partial charge in [0.2, 0.25) is 0 Å². The molecule has 3 unspecified atom stereocenters. The van der Waals surface area contributed by atoms with Gasteiger partial charge >= 0.3 is 5.97 Å². The lowest BCUT2D eigenvalue weighted by molar-refractivity contribution is -0.146. The summed E-state index contributed by atoms with van der Waals surface area (Å²) in [6.45, 7) is 0.202. The lowest BCUT2D eigenvalue weighted by Gasteiger charge is -2.40. The Hall–Kier alpha value is -1.59. The summed E-state index contributed by atoms with van der Waals surface area (Å²) in [7, 11) is 1.64. The predicted octanol–water partition coefficient (Wildman–Crippen LogP) is 1.12. The number of aryl methyl sites for hydroxylation is 1. The smallest absolute Gasteiger partial charge is 0.323 e. The molecule has 5 heteroatoms. The van der Waals surface area contributed by atoms with Crippen molar-refractivity contribution in [2.24, 2.45) is 0 Å². The van der Waals surface area contributed by atoms with E-state index < -0.39 is 12.0 Å². The number of fused-ring (bicyclic) bond motifs is 3. The van der Waals surface area contributed by atoms with Crippen molar-refractivity contribution >= 4 is 5.97 Å². The third-order valence-electron chi connectivity index (χ3n) is 3.91. The van der Waals surface area contributed by atoms with Gasteiger partial charge in [-0.1, -0.05) is 6.07 Å². The monoisotopic (exact) mass is 263 g/mol. The number of hydrogen-bond acceptors (Lipinski definition) is 4. The van der Waals surface area contributed by atoms with Crippen LogP contribution >= 0.6 is 0 Å². The van der Waals surface area contributed by atoms with Crippen molar-refractivity contribution in [1.82, 2.24) is 5.32 Å². The second kappa shape index (κ2) is 4.83. The fourth-order valence-corrected chi connectivity index (χ4v) is 2.90. The molecule has 1 aromatic rings. The number of rotatable bonds is 2. The summed E-state index contributed by atoms with van der Waals surface area (Å²) in [5.74, 6) is -0.0433. The Kier molecular flexibility index (Phi) is 3.16. The molecule has 0 spiro atoms. The number of hydrogen-bond donors (Lipinski definition) is 2. The van der Waals surface area contributed by atoms with Crippen LogP contribution in [0, 0.1) is 0 Å². The van der Waals surface area contributed by atoms with E-state index in [1.165, 1.54) is 5.56 Å². The van der Waals surface area contributed by atoms with Crippen LogP contribution in [0.2, 0.25) is 0 Å². The van der Waals surface area contributed by atoms with Gasteiger partial charge in [0.1, 0.15) is 11.8 Å². The molecule has 2 aliphatic rings. The van der Waals surface area contributed by atoms with Crippen molar-refractivity contribution in [2.45, 2.75) is 31.0 Å². The maximum absolute atomic E-state index is 11.0. The Morgan fingerprint density at radius 2 is 2.37 bits per heavy atom. The zero-order chi connectivity index (χ0) is 13.4. The summed E-state index contributed by atoms with van der Waals surface area (Å²) in [4.78, 5) is 11.0. The molecule has 3 rings (SSSR count). The van der Waals surface area contributed by atoms with E-state index in [4.69, 9.17) is 14.6 Å². The molecule has 1 aliphatic carbocycles. The van der Waals surface area contributed by atoms with Crippen molar-refractivity contribution in [1.29, 1.82) is 0 Å². The normalized spacial score (nSPS) is 29.2. The van der Waals surface area contributed by atoms with Gasteiger partial charge in [0.05, 0.1) is 19.8 Å². The van der Waals surface area contributed by atoms with E-state index >= 15 is 0 Å².